The van der Waals surface area contributed by atoms with Crippen LogP contribution in [-0.2, 0) is 0 Å². The summed E-state index contributed by atoms with van der Waals surface area (Å²) in [4.78, 5) is 11.6. The average Bonchev–Trinajstić information content (AvgIpc) is 3.69. The number of benzene rings is 3. The SMILES string of the molecule is N#Cc1c(-c2c[nH]c3ccccc23)nc(-c2c[nH]c3ccccc23)c(C#N)c1-c1ccc2c(c1)OCO2. The van der Waals surface area contributed by atoms with Crippen LogP contribution in [0.5, 0.6) is 11.5 Å². The van der Waals surface area contributed by atoms with Crippen LogP contribution in [0.3, 0.4) is 0 Å². The predicted molar refractivity (Wildman–Crippen MR) is 140 cm³/mol. The Kier molecular flexibility index (Phi) is 4.51. The molecule has 7 nitrogen and oxygen atoms in total. The summed E-state index contributed by atoms with van der Waals surface area (Å²) in [6.07, 6.45) is 3.73. The van der Waals surface area contributed by atoms with Gasteiger partial charge in [0.2, 0.25) is 6.79 Å². The summed E-state index contributed by atoms with van der Waals surface area (Å²) in [6.45, 7) is 0.131. The van der Waals surface area contributed by atoms with Crippen molar-refractivity contribution in [2.24, 2.45) is 0 Å². The minimum Gasteiger partial charge on any atom is -0.454 e. The number of pyridine rings is 1. The van der Waals surface area contributed by atoms with Gasteiger partial charge in [-0.1, -0.05) is 42.5 Å². The highest BCUT2D eigenvalue weighted by Crippen LogP contribution is 2.44. The van der Waals surface area contributed by atoms with Gasteiger partial charge in [0.25, 0.3) is 0 Å². The number of hydrogen-bond donors (Lipinski definition) is 2. The van der Waals surface area contributed by atoms with E-state index >= 15 is 0 Å². The molecule has 0 saturated heterocycles. The van der Waals surface area contributed by atoms with Crippen molar-refractivity contribution in [2.45, 2.75) is 0 Å². The third kappa shape index (κ3) is 3.09. The molecule has 1 aliphatic heterocycles. The fraction of sp³-hybridized carbons (Fsp3) is 0.0333. The second-order valence-corrected chi connectivity index (χ2v) is 8.72. The molecule has 0 aliphatic carbocycles. The van der Waals surface area contributed by atoms with Crippen LogP contribution in [0.1, 0.15) is 11.1 Å². The third-order valence-corrected chi connectivity index (χ3v) is 6.77. The van der Waals surface area contributed by atoms with E-state index in [1.165, 1.54) is 0 Å². The van der Waals surface area contributed by atoms with E-state index in [9.17, 15) is 10.5 Å². The fourth-order valence-electron chi connectivity index (χ4n) is 5.07. The summed E-state index contributed by atoms with van der Waals surface area (Å²) < 4.78 is 11.1. The largest absolute Gasteiger partial charge is 0.454 e. The zero-order valence-corrected chi connectivity index (χ0v) is 19.4. The molecule has 0 radical (unpaired) electrons. The van der Waals surface area contributed by atoms with Gasteiger partial charge in [-0.15, -0.1) is 0 Å². The van der Waals surface area contributed by atoms with Crippen molar-refractivity contribution in [1.29, 1.82) is 10.5 Å². The molecule has 37 heavy (non-hydrogen) atoms. The number of nitrogens with zero attached hydrogens (tertiary/aromatic N) is 3. The summed E-state index contributed by atoms with van der Waals surface area (Å²) in [7, 11) is 0. The number of ether oxygens (including phenoxy) is 2. The Hall–Kier alpha value is -5.53. The molecule has 2 N–H and O–H groups in total. The van der Waals surface area contributed by atoms with Gasteiger partial charge in [-0.25, -0.2) is 4.98 Å². The Morgan fingerprint density at radius 3 is 1.86 bits per heavy atom. The third-order valence-electron chi connectivity index (χ3n) is 6.77. The van der Waals surface area contributed by atoms with E-state index in [1.54, 1.807) is 6.07 Å². The van der Waals surface area contributed by atoms with Gasteiger partial charge in [-0.3, -0.25) is 0 Å². The lowest BCUT2D eigenvalue weighted by Crippen LogP contribution is -2.01. The van der Waals surface area contributed by atoms with E-state index in [0.717, 1.165) is 32.9 Å². The Morgan fingerprint density at radius 2 is 1.27 bits per heavy atom. The molecule has 0 atom stereocenters. The number of aromatic amines is 2. The van der Waals surface area contributed by atoms with Gasteiger partial charge in [0, 0.05) is 50.9 Å². The quantitative estimate of drug-likeness (QED) is 0.300. The molecule has 3 aromatic heterocycles. The number of nitriles is 2. The Labute approximate surface area is 211 Å². The summed E-state index contributed by atoms with van der Waals surface area (Å²) in [5, 5.41) is 22.8. The molecule has 174 valence electrons. The van der Waals surface area contributed by atoms with Crippen LogP contribution in [0.15, 0.2) is 79.1 Å². The van der Waals surface area contributed by atoms with Crippen LogP contribution in [0, 0.1) is 22.7 Å². The maximum atomic E-state index is 10.5. The summed E-state index contributed by atoms with van der Waals surface area (Å²) in [5.41, 5.74) is 6.31. The van der Waals surface area contributed by atoms with Gasteiger partial charge in [-0.2, -0.15) is 10.5 Å². The van der Waals surface area contributed by atoms with Crippen LogP contribution in [-0.4, -0.2) is 21.7 Å². The number of aromatic nitrogens is 3. The summed E-state index contributed by atoms with van der Waals surface area (Å²) in [6, 6.07) is 26.0. The number of rotatable bonds is 3. The van der Waals surface area contributed by atoms with Gasteiger partial charge >= 0.3 is 0 Å². The zero-order valence-electron chi connectivity index (χ0n) is 19.4. The van der Waals surface area contributed by atoms with E-state index in [0.29, 0.717) is 45.1 Å². The molecule has 4 heterocycles. The van der Waals surface area contributed by atoms with Crippen molar-refractivity contribution < 1.29 is 9.47 Å². The van der Waals surface area contributed by atoms with Crippen LogP contribution in [0.25, 0.3) is 55.4 Å². The molecule has 7 rings (SSSR count). The molecule has 3 aromatic carbocycles. The van der Waals surface area contributed by atoms with Crippen molar-refractivity contribution in [1.82, 2.24) is 15.0 Å². The number of H-pyrrole nitrogens is 2. The van der Waals surface area contributed by atoms with E-state index in [-0.39, 0.29) is 6.79 Å². The second-order valence-electron chi connectivity index (χ2n) is 8.72. The van der Waals surface area contributed by atoms with Crippen LogP contribution < -0.4 is 9.47 Å². The first kappa shape index (κ1) is 20.8. The first-order valence-electron chi connectivity index (χ1n) is 11.7. The lowest BCUT2D eigenvalue weighted by Gasteiger charge is -2.15. The Balaban J connectivity index is 1.61. The normalized spacial score (nSPS) is 12.1. The maximum absolute atomic E-state index is 10.5. The minimum absolute atomic E-state index is 0.131. The first-order chi connectivity index (χ1) is 18.3. The first-order valence-corrected chi connectivity index (χ1v) is 11.7. The molecule has 0 bridgehead atoms. The van der Waals surface area contributed by atoms with E-state index in [2.05, 4.69) is 22.1 Å². The van der Waals surface area contributed by atoms with Gasteiger partial charge in [0.1, 0.15) is 12.1 Å². The molecule has 1 aliphatic rings. The number of hydrogen-bond acceptors (Lipinski definition) is 5. The van der Waals surface area contributed by atoms with Crippen molar-refractivity contribution in [3.8, 4) is 57.3 Å². The monoisotopic (exact) mass is 479 g/mol. The van der Waals surface area contributed by atoms with Gasteiger partial charge in [-0.05, 0) is 29.8 Å². The van der Waals surface area contributed by atoms with E-state index in [4.69, 9.17) is 14.5 Å². The van der Waals surface area contributed by atoms with E-state index < -0.39 is 0 Å². The van der Waals surface area contributed by atoms with Crippen LogP contribution in [0.4, 0.5) is 0 Å². The molecule has 0 amide bonds. The number of fused-ring (bicyclic) bond motifs is 3. The summed E-state index contributed by atoms with van der Waals surface area (Å²) >= 11 is 0. The highest BCUT2D eigenvalue weighted by atomic mass is 16.7. The van der Waals surface area contributed by atoms with Crippen LogP contribution in [0.2, 0.25) is 0 Å². The molecular formula is C30H17N5O2. The highest BCUT2D eigenvalue weighted by molar-refractivity contribution is 6.02. The minimum atomic E-state index is 0.131. The Bertz CT molecular complexity index is 1840. The lowest BCUT2D eigenvalue weighted by atomic mass is 9.89. The average molecular weight is 479 g/mol. The maximum Gasteiger partial charge on any atom is 0.231 e. The van der Waals surface area contributed by atoms with Gasteiger partial charge < -0.3 is 19.4 Å². The molecule has 7 heteroatoms. The molecule has 0 spiro atoms. The fourth-order valence-corrected chi connectivity index (χ4v) is 5.07. The number of para-hydroxylation sites is 2. The molecule has 6 aromatic rings. The second kappa shape index (κ2) is 8.01. The van der Waals surface area contributed by atoms with Crippen molar-refractivity contribution in [3.63, 3.8) is 0 Å². The zero-order chi connectivity index (χ0) is 24.9. The van der Waals surface area contributed by atoms with E-state index in [1.807, 2.05) is 73.1 Å². The Morgan fingerprint density at radius 1 is 0.703 bits per heavy atom. The molecular weight excluding hydrogens is 462 g/mol. The highest BCUT2D eigenvalue weighted by Gasteiger charge is 2.26. The molecule has 0 saturated carbocycles. The van der Waals surface area contributed by atoms with Crippen molar-refractivity contribution in [2.75, 3.05) is 6.79 Å². The predicted octanol–water partition coefficient (Wildman–Crippen LogP) is 6.52. The van der Waals surface area contributed by atoms with Crippen molar-refractivity contribution >= 4 is 21.8 Å². The smallest absolute Gasteiger partial charge is 0.231 e. The van der Waals surface area contributed by atoms with Crippen molar-refractivity contribution in [3.05, 3.63) is 90.3 Å². The number of nitrogens with one attached hydrogen (secondary N) is 2. The van der Waals surface area contributed by atoms with Gasteiger partial charge in [0.15, 0.2) is 11.5 Å². The standard InChI is InChI=1S/C30H17N5O2/c31-12-20-28(17-9-10-26-27(11-17)37-16-36-26)21(13-32)30(23-15-34-25-8-4-2-6-19(23)25)35-29(20)22-14-33-24-7-3-1-5-18(22)24/h1-11,14-15,33-34H,16H2. The lowest BCUT2D eigenvalue weighted by molar-refractivity contribution is 0.174. The summed E-state index contributed by atoms with van der Waals surface area (Å²) in [5.74, 6) is 1.20. The topological polar surface area (TPSA) is 111 Å². The van der Waals surface area contributed by atoms with Crippen LogP contribution >= 0.6 is 0 Å². The van der Waals surface area contributed by atoms with Gasteiger partial charge in [0.05, 0.1) is 22.5 Å². The molecule has 0 unspecified atom stereocenters. The molecule has 0 fully saturated rings.